The molecule has 96 valence electrons. The van der Waals surface area contributed by atoms with E-state index in [1.807, 2.05) is 6.92 Å². The highest BCUT2D eigenvalue weighted by Gasteiger charge is 2.15. The minimum Gasteiger partial charge on any atom is -0.248 e. The third kappa shape index (κ3) is 3.08. The number of hydrogen-bond donors (Lipinski definition) is 1. The predicted molar refractivity (Wildman–Crippen MR) is 72.3 cm³/mol. The Morgan fingerprint density at radius 1 is 1.44 bits per heavy atom. The van der Waals surface area contributed by atoms with E-state index in [0.29, 0.717) is 5.02 Å². The van der Waals surface area contributed by atoms with Gasteiger partial charge in [0.1, 0.15) is 5.01 Å². The minimum absolute atomic E-state index is 0.162. The number of halogens is 1. The molecule has 1 aromatic heterocycles. The van der Waals surface area contributed by atoms with Crippen LogP contribution in [0.2, 0.25) is 5.02 Å². The summed E-state index contributed by atoms with van der Waals surface area (Å²) < 4.78 is 26.5. The number of nitrogens with one attached hydrogen (secondary N) is 1. The number of benzene rings is 1. The fourth-order valence-electron chi connectivity index (χ4n) is 1.32. The zero-order valence-electron chi connectivity index (χ0n) is 9.55. The second-order valence-corrected chi connectivity index (χ2v) is 6.81. The molecule has 0 spiro atoms. The molecule has 0 saturated heterocycles. The van der Waals surface area contributed by atoms with Crippen LogP contribution >= 0.6 is 22.9 Å². The highest BCUT2D eigenvalue weighted by molar-refractivity contribution is 7.89. The molecule has 0 unspecified atom stereocenters. The smallest absolute Gasteiger partial charge is 0.241 e. The van der Waals surface area contributed by atoms with Crippen LogP contribution in [0.3, 0.4) is 0 Å². The van der Waals surface area contributed by atoms with Gasteiger partial charge in [0.05, 0.1) is 11.4 Å². The molecule has 7 heteroatoms. The Labute approximate surface area is 115 Å². The SMILES string of the molecule is Cc1ccc(S(=O)(=O)NCc2nccs2)cc1Cl. The van der Waals surface area contributed by atoms with Gasteiger partial charge < -0.3 is 0 Å². The van der Waals surface area contributed by atoms with Crippen molar-refractivity contribution in [3.8, 4) is 0 Å². The third-order valence-corrected chi connectivity index (χ3v) is 4.94. The Hall–Kier alpha value is -0.950. The number of sulfonamides is 1. The lowest BCUT2D eigenvalue weighted by Crippen LogP contribution is -2.23. The van der Waals surface area contributed by atoms with Gasteiger partial charge in [-0.15, -0.1) is 11.3 Å². The van der Waals surface area contributed by atoms with Crippen molar-refractivity contribution in [2.24, 2.45) is 0 Å². The number of hydrogen-bond acceptors (Lipinski definition) is 4. The molecule has 2 rings (SSSR count). The van der Waals surface area contributed by atoms with E-state index in [4.69, 9.17) is 11.6 Å². The van der Waals surface area contributed by atoms with E-state index in [0.717, 1.165) is 10.6 Å². The molecule has 1 N–H and O–H groups in total. The lowest BCUT2D eigenvalue weighted by molar-refractivity contribution is 0.581. The van der Waals surface area contributed by atoms with Crippen molar-refractivity contribution < 1.29 is 8.42 Å². The van der Waals surface area contributed by atoms with Crippen LogP contribution in [0, 0.1) is 6.92 Å². The second kappa shape index (κ2) is 5.36. The molecule has 0 saturated carbocycles. The summed E-state index contributed by atoms with van der Waals surface area (Å²) in [5.74, 6) is 0. The molecule has 0 fully saturated rings. The number of thiazole rings is 1. The topological polar surface area (TPSA) is 59.1 Å². The van der Waals surface area contributed by atoms with Gasteiger partial charge in [0.25, 0.3) is 0 Å². The van der Waals surface area contributed by atoms with Gasteiger partial charge >= 0.3 is 0 Å². The molecule has 1 heterocycles. The molecular formula is C11H11ClN2O2S2. The average Bonchev–Trinajstić information content (AvgIpc) is 2.83. The van der Waals surface area contributed by atoms with Gasteiger partial charge in [0.2, 0.25) is 10.0 Å². The molecule has 0 atom stereocenters. The van der Waals surface area contributed by atoms with Crippen molar-refractivity contribution in [1.29, 1.82) is 0 Å². The molecule has 0 aliphatic rings. The van der Waals surface area contributed by atoms with Gasteiger partial charge in [-0.1, -0.05) is 17.7 Å². The summed E-state index contributed by atoms with van der Waals surface area (Å²) in [4.78, 5) is 4.17. The number of aryl methyl sites for hydroxylation is 1. The van der Waals surface area contributed by atoms with Gasteiger partial charge in [0.15, 0.2) is 0 Å². The Kier molecular flexibility index (Phi) is 4.01. The maximum absolute atomic E-state index is 12.0. The molecule has 0 amide bonds. The minimum atomic E-state index is -3.54. The first kappa shape index (κ1) is 13.5. The molecular weight excluding hydrogens is 292 g/mol. The van der Waals surface area contributed by atoms with E-state index in [2.05, 4.69) is 9.71 Å². The summed E-state index contributed by atoms with van der Waals surface area (Å²) in [6, 6.07) is 4.66. The maximum Gasteiger partial charge on any atom is 0.241 e. The summed E-state index contributed by atoms with van der Waals surface area (Å²) in [5, 5.41) is 2.95. The molecule has 0 aliphatic carbocycles. The number of aromatic nitrogens is 1. The van der Waals surface area contributed by atoms with Gasteiger partial charge in [-0.25, -0.2) is 18.1 Å². The van der Waals surface area contributed by atoms with Crippen LogP contribution in [0.15, 0.2) is 34.7 Å². The predicted octanol–water partition coefficient (Wildman–Crippen LogP) is 2.58. The van der Waals surface area contributed by atoms with Crippen LogP contribution in [-0.4, -0.2) is 13.4 Å². The van der Waals surface area contributed by atoms with E-state index in [1.54, 1.807) is 17.6 Å². The Morgan fingerprint density at radius 3 is 2.83 bits per heavy atom. The van der Waals surface area contributed by atoms with E-state index < -0.39 is 10.0 Å². The van der Waals surface area contributed by atoms with E-state index in [9.17, 15) is 8.42 Å². The van der Waals surface area contributed by atoms with Crippen LogP contribution in [0.1, 0.15) is 10.6 Å². The Balaban J connectivity index is 2.17. The van der Waals surface area contributed by atoms with Crippen LogP contribution in [0.5, 0.6) is 0 Å². The lowest BCUT2D eigenvalue weighted by atomic mass is 10.2. The molecule has 4 nitrogen and oxygen atoms in total. The Bertz CT molecular complexity index is 639. The summed E-state index contributed by atoms with van der Waals surface area (Å²) >= 11 is 7.32. The number of rotatable bonds is 4. The molecule has 18 heavy (non-hydrogen) atoms. The van der Waals surface area contributed by atoms with Crippen molar-refractivity contribution in [2.45, 2.75) is 18.4 Å². The fourth-order valence-corrected chi connectivity index (χ4v) is 3.23. The van der Waals surface area contributed by atoms with Crippen molar-refractivity contribution in [2.75, 3.05) is 0 Å². The maximum atomic E-state index is 12.0. The fraction of sp³-hybridized carbons (Fsp3) is 0.182. The van der Waals surface area contributed by atoms with Gasteiger partial charge in [-0.3, -0.25) is 0 Å². The second-order valence-electron chi connectivity index (χ2n) is 3.66. The van der Waals surface area contributed by atoms with Crippen LogP contribution in [-0.2, 0) is 16.6 Å². The van der Waals surface area contributed by atoms with E-state index in [-0.39, 0.29) is 11.4 Å². The average molecular weight is 303 g/mol. The molecule has 0 bridgehead atoms. The first-order valence-corrected chi connectivity index (χ1v) is 7.87. The summed E-state index contributed by atoms with van der Waals surface area (Å²) in [6.07, 6.45) is 1.64. The van der Waals surface area contributed by atoms with Crippen molar-refractivity contribution >= 4 is 33.0 Å². The van der Waals surface area contributed by atoms with Crippen molar-refractivity contribution in [3.63, 3.8) is 0 Å². The molecule has 2 aromatic rings. The first-order valence-electron chi connectivity index (χ1n) is 5.13. The summed E-state index contributed by atoms with van der Waals surface area (Å²) in [5.41, 5.74) is 0.843. The van der Waals surface area contributed by atoms with E-state index in [1.165, 1.54) is 23.5 Å². The zero-order chi connectivity index (χ0) is 13.2. The normalized spacial score (nSPS) is 11.7. The lowest BCUT2D eigenvalue weighted by Gasteiger charge is -2.06. The van der Waals surface area contributed by atoms with Crippen LogP contribution in [0.4, 0.5) is 0 Å². The number of nitrogens with zero attached hydrogens (tertiary/aromatic N) is 1. The third-order valence-electron chi connectivity index (χ3n) is 2.35. The molecule has 0 aliphatic heterocycles. The van der Waals surface area contributed by atoms with Gasteiger partial charge in [-0.2, -0.15) is 0 Å². The van der Waals surface area contributed by atoms with E-state index >= 15 is 0 Å². The Morgan fingerprint density at radius 2 is 2.22 bits per heavy atom. The highest BCUT2D eigenvalue weighted by atomic mass is 35.5. The monoisotopic (exact) mass is 302 g/mol. The highest BCUT2D eigenvalue weighted by Crippen LogP contribution is 2.20. The largest absolute Gasteiger partial charge is 0.248 e. The molecule has 0 radical (unpaired) electrons. The van der Waals surface area contributed by atoms with Gasteiger partial charge in [-0.05, 0) is 24.6 Å². The first-order chi connectivity index (χ1) is 8.49. The van der Waals surface area contributed by atoms with Crippen molar-refractivity contribution in [1.82, 2.24) is 9.71 Å². The standard InChI is InChI=1S/C11H11ClN2O2S2/c1-8-2-3-9(6-10(8)12)18(15,16)14-7-11-13-4-5-17-11/h2-6,14H,7H2,1H3. The summed E-state index contributed by atoms with van der Waals surface area (Å²) in [7, 11) is -3.54. The zero-order valence-corrected chi connectivity index (χ0v) is 11.9. The molecule has 1 aromatic carbocycles. The van der Waals surface area contributed by atoms with Crippen molar-refractivity contribution in [3.05, 3.63) is 45.4 Å². The summed E-state index contributed by atoms with van der Waals surface area (Å²) in [6.45, 7) is 2.01. The van der Waals surface area contributed by atoms with Gasteiger partial charge in [0, 0.05) is 16.6 Å². The van der Waals surface area contributed by atoms with Crippen LogP contribution in [0.25, 0.3) is 0 Å². The van der Waals surface area contributed by atoms with Crippen LogP contribution < -0.4 is 4.72 Å². The quantitative estimate of drug-likeness (QED) is 0.944.